The minimum atomic E-state index is -5.07. The maximum absolute atomic E-state index is 13.6. The topological polar surface area (TPSA) is 83.5 Å². The maximum atomic E-state index is 13.6. The van der Waals surface area contributed by atoms with Crippen LogP contribution in [0.4, 0.5) is 30.7 Å². The monoisotopic (exact) mass is 534 g/mol. The van der Waals surface area contributed by atoms with Crippen LogP contribution in [0.5, 0.6) is 0 Å². The fraction of sp³-hybridized carbons (Fsp3) is 0.391. The minimum absolute atomic E-state index is 0.00447. The summed E-state index contributed by atoms with van der Waals surface area (Å²) in [6, 6.07) is 5.52. The van der Waals surface area contributed by atoms with Gasteiger partial charge in [-0.15, -0.1) is 0 Å². The SMILES string of the molecule is OC[C@H](OC1OCCN(Cc2ncn[nH]2)C1c1ccc(F)cc1)c1cc(C(F)(F)F)cc(C(F)(F)F)c1. The van der Waals surface area contributed by atoms with Gasteiger partial charge in [0.15, 0.2) is 6.29 Å². The van der Waals surface area contributed by atoms with Gasteiger partial charge in [-0.05, 0) is 41.5 Å². The van der Waals surface area contributed by atoms with Crippen molar-refractivity contribution in [1.29, 1.82) is 0 Å². The van der Waals surface area contributed by atoms with E-state index in [1.165, 1.54) is 30.6 Å². The number of benzene rings is 2. The van der Waals surface area contributed by atoms with Crippen molar-refractivity contribution in [2.75, 3.05) is 19.8 Å². The van der Waals surface area contributed by atoms with Crippen molar-refractivity contribution in [1.82, 2.24) is 20.1 Å². The Kier molecular flexibility index (Phi) is 7.83. The number of aliphatic hydroxyl groups is 1. The zero-order valence-electron chi connectivity index (χ0n) is 18.9. The van der Waals surface area contributed by atoms with Gasteiger partial charge >= 0.3 is 12.4 Å². The van der Waals surface area contributed by atoms with Crippen molar-refractivity contribution in [3.05, 3.63) is 82.7 Å². The lowest BCUT2D eigenvalue weighted by Crippen LogP contribution is -2.46. The van der Waals surface area contributed by atoms with E-state index in [1.54, 1.807) is 0 Å². The molecule has 14 heteroatoms. The van der Waals surface area contributed by atoms with Gasteiger partial charge in [0, 0.05) is 6.54 Å². The van der Waals surface area contributed by atoms with Gasteiger partial charge in [-0.1, -0.05) is 12.1 Å². The highest BCUT2D eigenvalue weighted by molar-refractivity contribution is 5.35. The first-order valence-corrected chi connectivity index (χ1v) is 11.0. The molecule has 1 fully saturated rings. The summed E-state index contributed by atoms with van der Waals surface area (Å²) in [6.07, 6.45) is -11.7. The molecule has 2 heterocycles. The van der Waals surface area contributed by atoms with Gasteiger partial charge in [0.25, 0.3) is 0 Å². The summed E-state index contributed by atoms with van der Waals surface area (Å²) >= 11 is 0. The molecule has 0 bridgehead atoms. The van der Waals surface area contributed by atoms with E-state index in [2.05, 4.69) is 15.2 Å². The van der Waals surface area contributed by atoms with Crippen LogP contribution in [0.2, 0.25) is 0 Å². The molecule has 37 heavy (non-hydrogen) atoms. The molecule has 2 unspecified atom stereocenters. The number of morpholine rings is 1. The Morgan fingerprint density at radius 3 is 2.24 bits per heavy atom. The number of alkyl halides is 6. The lowest BCUT2D eigenvalue weighted by molar-refractivity contribution is -0.238. The molecule has 1 saturated heterocycles. The zero-order chi connectivity index (χ0) is 26.8. The first-order valence-electron chi connectivity index (χ1n) is 11.0. The summed E-state index contributed by atoms with van der Waals surface area (Å²) in [4.78, 5) is 5.89. The van der Waals surface area contributed by atoms with Crippen molar-refractivity contribution in [3.8, 4) is 0 Å². The second kappa shape index (κ2) is 10.7. The number of halogens is 7. The molecule has 0 saturated carbocycles. The molecule has 200 valence electrons. The molecule has 1 aliphatic heterocycles. The third-order valence-corrected chi connectivity index (χ3v) is 5.79. The van der Waals surface area contributed by atoms with Crippen LogP contribution in [0.25, 0.3) is 0 Å². The molecule has 2 aromatic carbocycles. The van der Waals surface area contributed by atoms with Crippen molar-refractivity contribution >= 4 is 0 Å². The van der Waals surface area contributed by atoms with Gasteiger partial charge in [-0.2, -0.15) is 31.4 Å². The summed E-state index contributed by atoms with van der Waals surface area (Å²) < 4.78 is 105. The smallest absolute Gasteiger partial charge is 0.393 e. The van der Waals surface area contributed by atoms with Crippen molar-refractivity contribution in [2.24, 2.45) is 0 Å². The number of aromatic amines is 1. The third-order valence-electron chi connectivity index (χ3n) is 5.79. The molecule has 1 aliphatic rings. The van der Waals surface area contributed by atoms with E-state index in [0.717, 1.165) is 0 Å². The predicted molar refractivity (Wildman–Crippen MR) is 113 cm³/mol. The molecule has 1 aromatic heterocycles. The van der Waals surface area contributed by atoms with Gasteiger partial charge in [0.2, 0.25) is 0 Å². The Morgan fingerprint density at radius 1 is 1.05 bits per heavy atom. The van der Waals surface area contributed by atoms with Gasteiger partial charge in [-0.3, -0.25) is 10.00 Å². The Balaban J connectivity index is 1.69. The van der Waals surface area contributed by atoms with E-state index in [4.69, 9.17) is 9.47 Å². The molecule has 0 spiro atoms. The molecule has 0 radical (unpaired) electrons. The number of aromatic nitrogens is 3. The van der Waals surface area contributed by atoms with Gasteiger partial charge in [-0.25, -0.2) is 9.37 Å². The Morgan fingerprint density at radius 2 is 1.70 bits per heavy atom. The standard InChI is InChI=1S/C23H21F7N4O3/c24-17-3-1-13(2-4-17)20-21(36-6-5-34(20)10-19-31-12-32-33-19)37-18(11-35)14-7-15(22(25,26)27)9-16(8-14)23(28,29)30/h1-4,7-9,12,18,20-21,35H,5-6,10-11H2,(H,31,32,33)/t18-,20?,21?/m0/s1. The molecule has 7 nitrogen and oxygen atoms in total. The largest absolute Gasteiger partial charge is 0.416 e. The number of aliphatic hydroxyl groups excluding tert-OH is 1. The number of hydrogen-bond acceptors (Lipinski definition) is 6. The number of nitrogens with zero attached hydrogens (tertiary/aromatic N) is 3. The molecule has 4 rings (SSSR count). The van der Waals surface area contributed by atoms with Crippen molar-refractivity contribution in [2.45, 2.75) is 37.3 Å². The van der Waals surface area contributed by atoms with Crippen LogP contribution in [0.1, 0.15) is 40.2 Å². The number of rotatable bonds is 7. The van der Waals surface area contributed by atoms with Crippen LogP contribution in [0.3, 0.4) is 0 Å². The van der Waals surface area contributed by atoms with Crippen LogP contribution in [0.15, 0.2) is 48.8 Å². The van der Waals surface area contributed by atoms with Crippen LogP contribution >= 0.6 is 0 Å². The molecule has 0 amide bonds. The summed E-state index contributed by atoms with van der Waals surface area (Å²) in [5.41, 5.74) is -3.10. The number of H-pyrrole nitrogens is 1. The van der Waals surface area contributed by atoms with E-state index < -0.39 is 59.9 Å². The summed E-state index contributed by atoms with van der Waals surface area (Å²) in [6.45, 7) is -0.299. The Labute approximate surface area is 205 Å². The fourth-order valence-electron chi connectivity index (χ4n) is 4.06. The van der Waals surface area contributed by atoms with Crippen molar-refractivity contribution < 1.29 is 45.3 Å². The minimum Gasteiger partial charge on any atom is -0.393 e. The normalized spacial score (nSPS) is 20.2. The van der Waals surface area contributed by atoms with Gasteiger partial charge in [0.1, 0.15) is 24.1 Å². The van der Waals surface area contributed by atoms with Crippen LogP contribution in [-0.2, 0) is 28.4 Å². The Bertz CT molecular complexity index is 1140. The fourth-order valence-corrected chi connectivity index (χ4v) is 4.06. The lowest BCUT2D eigenvalue weighted by Gasteiger charge is -2.41. The highest BCUT2D eigenvalue weighted by Crippen LogP contribution is 2.39. The second-order valence-electron chi connectivity index (χ2n) is 8.28. The third kappa shape index (κ3) is 6.44. The summed E-state index contributed by atoms with van der Waals surface area (Å²) in [5, 5.41) is 16.4. The second-order valence-corrected chi connectivity index (χ2v) is 8.28. The van der Waals surface area contributed by atoms with E-state index in [0.29, 0.717) is 30.1 Å². The first kappa shape index (κ1) is 27.0. The number of nitrogens with one attached hydrogen (secondary N) is 1. The maximum Gasteiger partial charge on any atom is 0.416 e. The van der Waals surface area contributed by atoms with Crippen LogP contribution in [-0.4, -0.2) is 51.2 Å². The van der Waals surface area contributed by atoms with Crippen LogP contribution in [0, 0.1) is 5.82 Å². The summed E-state index contributed by atoms with van der Waals surface area (Å²) in [5.74, 6) is -0.0456. The average molecular weight is 534 g/mol. The van der Waals surface area contributed by atoms with E-state index in [1.807, 2.05) is 4.90 Å². The molecular formula is C23H21F7N4O3. The van der Waals surface area contributed by atoms with Crippen LogP contribution < -0.4 is 0 Å². The van der Waals surface area contributed by atoms with Gasteiger partial charge < -0.3 is 14.6 Å². The highest BCUT2D eigenvalue weighted by Gasteiger charge is 2.40. The Hall–Kier alpha value is -3.07. The van der Waals surface area contributed by atoms with E-state index in [9.17, 15) is 35.8 Å². The molecule has 3 atom stereocenters. The molecule has 0 aliphatic carbocycles. The molecule has 3 aromatic rings. The number of ether oxygens (including phenoxy) is 2. The zero-order valence-corrected chi connectivity index (χ0v) is 18.9. The first-order chi connectivity index (χ1) is 17.5. The summed E-state index contributed by atoms with van der Waals surface area (Å²) in [7, 11) is 0. The van der Waals surface area contributed by atoms with Gasteiger partial charge in [0.05, 0.1) is 36.9 Å². The number of hydrogen-bond donors (Lipinski definition) is 2. The average Bonchev–Trinajstić information content (AvgIpc) is 3.35. The molecular weight excluding hydrogens is 513 g/mol. The van der Waals surface area contributed by atoms with E-state index in [-0.39, 0.29) is 19.2 Å². The highest BCUT2D eigenvalue weighted by atomic mass is 19.4. The lowest BCUT2D eigenvalue weighted by atomic mass is 10.00. The quantitative estimate of drug-likeness (QED) is 0.430. The van der Waals surface area contributed by atoms with Crippen molar-refractivity contribution in [3.63, 3.8) is 0 Å². The van der Waals surface area contributed by atoms with E-state index >= 15 is 0 Å². The molecule has 2 N–H and O–H groups in total. The predicted octanol–water partition coefficient (Wildman–Crippen LogP) is 4.63.